The lowest BCUT2D eigenvalue weighted by Crippen LogP contribution is -2.18. The summed E-state index contributed by atoms with van der Waals surface area (Å²) in [5, 5.41) is 3.40. The highest BCUT2D eigenvalue weighted by molar-refractivity contribution is 5.55. The second-order valence-electron chi connectivity index (χ2n) is 4.91. The van der Waals surface area contributed by atoms with Crippen LogP contribution in [0, 0.1) is 0 Å². The fraction of sp³-hybridized carbons (Fsp3) is 0.400. The number of nitrogens with one attached hydrogen (secondary N) is 1. The van der Waals surface area contributed by atoms with Gasteiger partial charge in [-0.15, -0.1) is 0 Å². The zero-order chi connectivity index (χ0) is 14.7. The third kappa shape index (κ3) is 2.95. The number of hydrogen-bond donors (Lipinski definition) is 1. The second kappa shape index (κ2) is 6.05. The molecule has 6 nitrogen and oxygen atoms in total. The Labute approximate surface area is 123 Å². The highest BCUT2D eigenvalue weighted by Crippen LogP contribution is 2.41. The van der Waals surface area contributed by atoms with E-state index in [0.717, 1.165) is 36.6 Å². The van der Waals surface area contributed by atoms with E-state index in [9.17, 15) is 0 Å². The molecule has 0 saturated heterocycles. The monoisotopic (exact) mass is 289 g/mol. The fourth-order valence-electron chi connectivity index (χ4n) is 2.36. The van der Waals surface area contributed by atoms with Crippen molar-refractivity contribution in [3.05, 3.63) is 35.9 Å². The van der Waals surface area contributed by atoms with Crippen molar-refractivity contribution in [2.24, 2.45) is 7.05 Å². The van der Waals surface area contributed by atoms with Gasteiger partial charge in [0, 0.05) is 39.0 Å². The Morgan fingerprint density at radius 1 is 1.38 bits per heavy atom. The van der Waals surface area contributed by atoms with Crippen molar-refractivity contribution in [1.82, 2.24) is 14.9 Å². The van der Waals surface area contributed by atoms with Gasteiger partial charge in [-0.1, -0.05) is 0 Å². The molecule has 6 heteroatoms. The Kier molecular flexibility index (Phi) is 3.96. The second-order valence-corrected chi connectivity index (χ2v) is 4.91. The third-order valence-corrected chi connectivity index (χ3v) is 3.49. The molecular weight excluding hydrogens is 270 g/mol. The number of rotatable bonds is 6. The van der Waals surface area contributed by atoms with Crippen LogP contribution in [0.15, 0.2) is 24.5 Å². The third-order valence-electron chi connectivity index (χ3n) is 3.49. The van der Waals surface area contributed by atoms with Crippen molar-refractivity contribution in [3.8, 4) is 17.2 Å². The molecule has 2 aromatic rings. The molecule has 0 unspecified atom stereocenters. The first-order chi connectivity index (χ1) is 10.3. The number of hydrogen-bond acceptors (Lipinski definition) is 5. The van der Waals surface area contributed by atoms with Gasteiger partial charge in [-0.25, -0.2) is 4.98 Å². The molecule has 3 rings (SSSR count). The van der Waals surface area contributed by atoms with E-state index in [1.807, 2.05) is 36.1 Å². The summed E-state index contributed by atoms with van der Waals surface area (Å²) in [6.07, 6.45) is 4.67. The SMILES string of the molecule is COc1cc(CNCCc2nccn2C)cc2c1OCO2. The number of aryl methyl sites for hydroxylation is 1. The van der Waals surface area contributed by atoms with Crippen LogP contribution in [0.1, 0.15) is 11.4 Å². The predicted molar refractivity (Wildman–Crippen MR) is 77.7 cm³/mol. The standard InChI is InChI=1S/C15H19N3O3/c1-18-6-5-17-14(18)3-4-16-9-11-7-12(19-2)15-13(8-11)20-10-21-15/h5-8,16H,3-4,9-10H2,1-2H3. The maximum Gasteiger partial charge on any atom is 0.231 e. The molecule has 0 saturated carbocycles. The number of methoxy groups -OCH3 is 1. The van der Waals surface area contributed by atoms with E-state index in [4.69, 9.17) is 14.2 Å². The average Bonchev–Trinajstić information content (AvgIpc) is 3.11. The number of imidazole rings is 1. The van der Waals surface area contributed by atoms with Crippen LogP contribution in [-0.4, -0.2) is 30.0 Å². The van der Waals surface area contributed by atoms with Crippen LogP contribution in [0.4, 0.5) is 0 Å². The van der Waals surface area contributed by atoms with Crippen molar-refractivity contribution in [3.63, 3.8) is 0 Å². The fourth-order valence-corrected chi connectivity index (χ4v) is 2.36. The number of benzene rings is 1. The summed E-state index contributed by atoms with van der Waals surface area (Å²) in [7, 11) is 3.64. The van der Waals surface area contributed by atoms with Crippen LogP contribution < -0.4 is 19.5 Å². The predicted octanol–water partition coefficient (Wildman–Crippen LogP) is 1.49. The average molecular weight is 289 g/mol. The maximum atomic E-state index is 5.42. The van der Waals surface area contributed by atoms with Gasteiger partial charge in [-0.05, 0) is 17.7 Å². The smallest absolute Gasteiger partial charge is 0.231 e. The molecule has 0 fully saturated rings. The maximum absolute atomic E-state index is 5.42. The van der Waals surface area contributed by atoms with Crippen LogP contribution in [0.5, 0.6) is 17.2 Å². The molecule has 1 aromatic heterocycles. The van der Waals surface area contributed by atoms with Crippen molar-refractivity contribution >= 4 is 0 Å². The summed E-state index contributed by atoms with van der Waals surface area (Å²) in [6, 6.07) is 3.96. The molecule has 0 aliphatic carbocycles. The van der Waals surface area contributed by atoms with Gasteiger partial charge >= 0.3 is 0 Å². The molecule has 1 aliphatic heterocycles. The Hall–Kier alpha value is -2.21. The van der Waals surface area contributed by atoms with Crippen LogP contribution in [-0.2, 0) is 20.0 Å². The molecule has 0 spiro atoms. The van der Waals surface area contributed by atoms with Crippen LogP contribution in [0.2, 0.25) is 0 Å². The lowest BCUT2D eigenvalue weighted by molar-refractivity contribution is 0.171. The van der Waals surface area contributed by atoms with Gasteiger partial charge in [0.25, 0.3) is 0 Å². The number of aromatic nitrogens is 2. The van der Waals surface area contributed by atoms with Gasteiger partial charge in [0.15, 0.2) is 11.5 Å². The van der Waals surface area contributed by atoms with Crippen molar-refractivity contribution in [2.45, 2.75) is 13.0 Å². The Morgan fingerprint density at radius 3 is 3.05 bits per heavy atom. The highest BCUT2D eigenvalue weighted by atomic mass is 16.7. The Morgan fingerprint density at radius 2 is 2.29 bits per heavy atom. The molecule has 0 bridgehead atoms. The summed E-state index contributed by atoms with van der Waals surface area (Å²) in [5.41, 5.74) is 1.11. The summed E-state index contributed by atoms with van der Waals surface area (Å²) < 4.78 is 18.2. The van der Waals surface area contributed by atoms with Gasteiger partial charge in [0.05, 0.1) is 7.11 Å². The van der Waals surface area contributed by atoms with E-state index in [1.165, 1.54) is 0 Å². The molecule has 1 aliphatic rings. The summed E-state index contributed by atoms with van der Waals surface area (Å²) in [6.45, 7) is 1.86. The Bertz CT molecular complexity index is 625. The molecule has 21 heavy (non-hydrogen) atoms. The summed E-state index contributed by atoms with van der Waals surface area (Å²) in [5.74, 6) is 3.22. The lowest BCUT2D eigenvalue weighted by atomic mass is 10.2. The first-order valence-electron chi connectivity index (χ1n) is 6.91. The van der Waals surface area contributed by atoms with E-state index in [1.54, 1.807) is 7.11 Å². The molecule has 1 aromatic carbocycles. The van der Waals surface area contributed by atoms with Crippen molar-refractivity contribution in [2.75, 3.05) is 20.4 Å². The van der Waals surface area contributed by atoms with Crippen LogP contribution in [0.3, 0.4) is 0 Å². The molecule has 112 valence electrons. The lowest BCUT2D eigenvalue weighted by Gasteiger charge is -2.09. The molecule has 0 atom stereocenters. The van der Waals surface area contributed by atoms with Gasteiger partial charge < -0.3 is 24.1 Å². The minimum atomic E-state index is 0.252. The van der Waals surface area contributed by atoms with E-state index < -0.39 is 0 Å². The topological polar surface area (TPSA) is 57.5 Å². The van der Waals surface area contributed by atoms with E-state index >= 15 is 0 Å². The van der Waals surface area contributed by atoms with Gasteiger partial charge in [-0.3, -0.25) is 0 Å². The van der Waals surface area contributed by atoms with Gasteiger partial charge in [0.1, 0.15) is 5.82 Å². The highest BCUT2D eigenvalue weighted by Gasteiger charge is 2.19. The normalized spacial score (nSPS) is 12.7. The van der Waals surface area contributed by atoms with Crippen LogP contribution >= 0.6 is 0 Å². The van der Waals surface area contributed by atoms with Crippen LogP contribution in [0.25, 0.3) is 0 Å². The summed E-state index contributed by atoms with van der Waals surface area (Å²) in [4.78, 5) is 4.30. The first kappa shape index (κ1) is 13.8. The van der Waals surface area contributed by atoms with Gasteiger partial charge in [0.2, 0.25) is 12.5 Å². The van der Waals surface area contributed by atoms with E-state index in [2.05, 4.69) is 10.3 Å². The van der Waals surface area contributed by atoms with Crippen molar-refractivity contribution in [1.29, 1.82) is 0 Å². The molecule has 0 radical (unpaired) electrons. The largest absolute Gasteiger partial charge is 0.493 e. The first-order valence-corrected chi connectivity index (χ1v) is 6.91. The quantitative estimate of drug-likeness (QED) is 0.817. The molecule has 2 heterocycles. The number of nitrogens with zero attached hydrogens (tertiary/aromatic N) is 2. The molecular formula is C15H19N3O3. The van der Waals surface area contributed by atoms with Gasteiger partial charge in [-0.2, -0.15) is 0 Å². The zero-order valence-electron chi connectivity index (χ0n) is 12.3. The number of ether oxygens (including phenoxy) is 3. The van der Waals surface area contributed by atoms with E-state index in [-0.39, 0.29) is 6.79 Å². The minimum absolute atomic E-state index is 0.252. The Balaban J connectivity index is 1.57. The number of fused-ring (bicyclic) bond motifs is 1. The molecule has 1 N–H and O–H groups in total. The van der Waals surface area contributed by atoms with Crippen molar-refractivity contribution < 1.29 is 14.2 Å². The summed E-state index contributed by atoms with van der Waals surface area (Å²) >= 11 is 0. The minimum Gasteiger partial charge on any atom is -0.493 e. The zero-order valence-corrected chi connectivity index (χ0v) is 12.3. The van der Waals surface area contributed by atoms with E-state index in [0.29, 0.717) is 11.5 Å². The molecule has 0 amide bonds.